The molecule has 19 heavy (non-hydrogen) atoms. The molecule has 100 valence electrons. The molecule has 2 aliphatic carbocycles. The first-order chi connectivity index (χ1) is 9.20. The minimum Gasteiger partial charge on any atom is -0.353 e. The van der Waals surface area contributed by atoms with E-state index >= 15 is 0 Å². The molecule has 0 unspecified atom stereocenters. The standard InChI is InChI=1S/C15H18N2O2/c18-14(9-15(19)17-13-7-8-13)16-12-5-3-11(4-6-12)10-1-2-10/h3-6,10,13H,1-2,7-9H2,(H,16,18)(H,17,19). The third-order valence-corrected chi connectivity index (χ3v) is 3.51. The maximum Gasteiger partial charge on any atom is 0.233 e. The Labute approximate surface area is 112 Å². The Kier molecular flexibility index (Phi) is 3.23. The molecule has 1 aromatic carbocycles. The number of carbonyl (C=O) groups excluding carboxylic acids is 2. The van der Waals surface area contributed by atoms with E-state index in [0.29, 0.717) is 12.0 Å². The SMILES string of the molecule is O=C(CC(=O)NC1CC1)Nc1ccc(C2CC2)cc1. The van der Waals surface area contributed by atoms with Gasteiger partial charge >= 0.3 is 0 Å². The van der Waals surface area contributed by atoms with Gasteiger partial charge in [0.2, 0.25) is 11.8 Å². The molecular formula is C15H18N2O2. The summed E-state index contributed by atoms with van der Waals surface area (Å²) in [7, 11) is 0. The molecule has 0 atom stereocenters. The van der Waals surface area contributed by atoms with Crippen LogP contribution >= 0.6 is 0 Å². The Morgan fingerprint density at radius 2 is 1.68 bits per heavy atom. The quantitative estimate of drug-likeness (QED) is 0.795. The minimum absolute atomic E-state index is 0.0964. The molecule has 4 heteroatoms. The van der Waals surface area contributed by atoms with Crippen molar-refractivity contribution in [3.63, 3.8) is 0 Å². The summed E-state index contributed by atoms with van der Waals surface area (Å²) in [5.41, 5.74) is 2.10. The number of benzene rings is 1. The number of hydrogen-bond acceptors (Lipinski definition) is 2. The van der Waals surface area contributed by atoms with Crippen LogP contribution in [0.25, 0.3) is 0 Å². The largest absolute Gasteiger partial charge is 0.353 e. The van der Waals surface area contributed by atoms with E-state index in [-0.39, 0.29) is 18.2 Å². The van der Waals surface area contributed by atoms with Gasteiger partial charge in [0.15, 0.2) is 0 Å². The molecule has 2 fully saturated rings. The molecule has 4 nitrogen and oxygen atoms in total. The molecule has 2 amide bonds. The summed E-state index contributed by atoms with van der Waals surface area (Å²) < 4.78 is 0. The molecule has 0 aromatic heterocycles. The molecule has 1 aromatic rings. The monoisotopic (exact) mass is 258 g/mol. The minimum atomic E-state index is -0.252. The van der Waals surface area contributed by atoms with Crippen LogP contribution < -0.4 is 10.6 Å². The molecule has 3 rings (SSSR count). The van der Waals surface area contributed by atoms with Crippen LogP contribution in [0.4, 0.5) is 5.69 Å². The third kappa shape index (κ3) is 3.56. The van der Waals surface area contributed by atoms with Gasteiger partial charge in [-0.15, -0.1) is 0 Å². The summed E-state index contributed by atoms with van der Waals surface area (Å²) >= 11 is 0. The molecule has 2 N–H and O–H groups in total. The molecule has 0 heterocycles. The topological polar surface area (TPSA) is 58.2 Å². The van der Waals surface area contributed by atoms with Crippen molar-refractivity contribution in [2.45, 2.75) is 44.1 Å². The highest BCUT2D eigenvalue weighted by Gasteiger charge is 2.24. The van der Waals surface area contributed by atoms with E-state index in [4.69, 9.17) is 0 Å². The highest BCUT2D eigenvalue weighted by atomic mass is 16.2. The summed E-state index contributed by atoms with van der Waals surface area (Å²) in [6, 6.07) is 8.22. The van der Waals surface area contributed by atoms with E-state index < -0.39 is 0 Å². The van der Waals surface area contributed by atoms with E-state index in [1.54, 1.807) is 0 Å². The summed E-state index contributed by atoms with van der Waals surface area (Å²) in [6.07, 6.45) is 4.52. The summed E-state index contributed by atoms with van der Waals surface area (Å²) in [5.74, 6) is 0.279. The lowest BCUT2D eigenvalue weighted by Gasteiger charge is -2.06. The second kappa shape index (κ2) is 5.03. The van der Waals surface area contributed by atoms with Gasteiger partial charge in [0.1, 0.15) is 6.42 Å². The normalized spacial score (nSPS) is 17.9. The second-order valence-corrected chi connectivity index (χ2v) is 5.46. The molecule has 0 aliphatic heterocycles. The van der Waals surface area contributed by atoms with Gasteiger partial charge in [-0.25, -0.2) is 0 Å². The van der Waals surface area contributed by atoms with Gasteiger partial charge < -0.3 is 10.6 Å². The molecule has 0 radical (unpaired) electrons. The van der Waals surface area contributed by atoms with E-state index in [2.05, 4.69) is 22.8 Å². The van der Waals surface area contributed by atoms with Gasteiger partial charge in [0, 0.05) is 11.7 Å². The first kappa shape index (κ1) is 12.2. The zero-order valence-electron chi connectivity index (χ0n) is 10.8. The molecule has 2 aliphatic rings. The Morgan fingerprint density at radius 1 is 1.00 bits per heavy atom. The van der Waals surface area contributed by atoms with Crippen molar-refractivity contribution in [3.8, 4) is 0 Å². The second-order valence-electron chi connectivity index (χ2n) is 5.46. The van der Waals surface area contributed by atoms with Crippen LogP contribution in [0.2, 0.25) is 0 Å². The Morgan fingerprint density at radius 3 is 2.26 bits per heavy atom. The van der Waals surface area contributed by atoms with Gasteiger partial charge in [-0.05, 0) is 49.3 Å². The van der Waals surface area contributed by atoms with E-state index in [1.165, 1.54) is 18.4 Å². The van der Waals surface area contributed by atoms with Gasteiger partial charge in [0.05, 0.1) is 0 Å². The zero-order valence-corrected chi connectivity index (χ0v) is 10.8. The summed E-state index contributed by atoms with van der Waals surface area (Å²) in [4.78, 5) is 23.2. The van der Waals surface area contributed by atoms with Crippen molar-refractivity contribution in [2.24, 2.45) is 0 Å². The number of amides is 2. The number of nitrogens with one attached hydrogen (secondary N) is 2. The highest BCUT2D eigenvalue weighted by Crippen LogP contribution is 2.40. The lowest BCUT2D eigenvalue weighted by Crippen LogP contribution is -2.29. The van der Waals surface area contributed by atoms with Crippen LogP contribution in [-0.4, -0.2) is 17.9 Å². The molecule has 0 saturated heterocycles. The van der Waals surface area contributed by atoms with Crippen LogP contribution in [-0.2, 0) is 9.59 Å². The Hall–Kier alpha value is -1.84. The summed E-state index contributed by atoms with van der Waals surface area (Å²) in [5, 5.41) is 5.56. The van der Waals surface area contributed by atoms with Crippen molar-refractivity contribution < 1.29 is 9.59 Å². The maximum atomic E-state index is 11.7. The third-order valence-electron chi connectivity index (χ3n) is 3.51. The average molecular weight is 258 g/mol. The van der Waals surface area contributed by atoms with E-state index in [1.807, 2.05) is 12.1 Å². The molecule has 0 spiro atoms. The fraction of sp³-hybridized carbons (Fsp3) is 0.467. The lowest BCUT2D eigenvalue weighted by atomic mass is 10.1. The van der Waals surface area contributed by atoms with Crippen molar-refractivity contribution in [3.05, 3.63) is 29.8 Å². The van der Waals surface area contributed by atoms with Crippen LogP contribution in [0.5, 0.6) is 0 Å². The first-order valence-electron chi connectivity index (χ1n) is 6.90. The van der Waals surface area contributed by atoms with Crippen LogP contribution in [0.15, 0.2) is 24.3 Å². The summed E-state index contributed by atoms with van der Waals surface area (Å²) in [6.45, 7) is 0. The lowest BCUT2D eigenvalue weighted by molar-refractivity contribution is -0.126. The van der Waals surface area contributed by atoms with Gasteiger partial charge in [0.25, 0.3) is 0 Å². The van der Waals surface area contributed by atoms with Crippen LogP contribution in [0.3, 0.4) is 0 Å². The smallest absolute Gasteiger partial charge is 0.233 e. The number of anilines is 1. The molecule has 0 bridgehead atoms. The predicted octanol–water partition coefficient (Wildman–Crippen LogP) is 2.17. The highest BCUT2D eigenvalue weighted by molar-refractivity contribution is 6.03. The number of carbonyl (C=O) groups is 2. The fourth-order valence-corrected chi connectivity index (χ4v) is 2.11. The van der Waals surface area contributed by atoms with Gasteiger partial charge in [-0.3, -0.25) is 9.59 Å². The maximum absolute atomic E-state index is 11.7. The van der Waals surface area contributed by atoms with Crippen molar-refractivity contribution >= 4 is 17.5 Å². The van der Waals surface area contributed by atoms with Crippen molar-refractivity contribution in [2.75, 3.05) is 5.32 Å². The van der Waals surface area contributed by atoms with E-state index in [0.717, 1.165) is 18.5 Å². The molecule has 2 saturated carbocycles. The van der Waals surface area contributed by atoms with Gasteiger partial charge in [-0.1, -0.05) is 12.1 Å². The average Bonchev–Trinajstić information content (AvgIpc) is 3.24. The van der Waals surface area contributed by atoms with Crippen LogP contribution in [0, 0.1) is 0 Å². The first-order valence-corrected chi connectivity index (χ1v) is 6.90. The predicted molar refractivity (Wildman–Crippen MR) is 72.8 cm³/mol. The fourth-order valence-electron chi connectivity index (χ4n) is 2.11. The number of rotatable bonds is 5. The van der Waals surface area contributed by atoms with E-state index in [9.17, 15) is 9.59 Å². The Bertz CT molecular complexity index is 487. The van der Waals surface area contributed by atoms with Crippen molar-refractivity contribution in [1.29, 1.82) is 0 Å². The van der Waals surface area contributed by atoms with Gasteiger partial charge in [-0.2, -0.15) is 0 Å². The number of hydrogen-bond donors (Lipinski definition) is 2. The van der Waals surface area contributed by atoms with Crippen molar-refractivity contribution in [1.82, 2.24) is 5.32 Å². The zero-order chi connectivity index (χ0) is 13.2. The Balaban J connectivity index is 1.48. The van der Waals surface area contributed by atoms with Crippen LogP contribution in [0.1, 0.15) is 43.6 Å². The molecular weight excluding hydrogens is 240 g/mol.